The van der Waals surface area contributed by atoms with Crippen molar-refractivity contribution in [3.8, 4) is 0 Å². The third kappa shape index (κ3) is 6.36. The first-order valence-corrected chi connectivity index (χ1v) is 15.1. The SMILES string of the molecule is C[C@H]1CCCN(Cc2cc3c(c(C(F)(F)F)c2)CN(c2cc(C4(Cc5nncn5C)COC4)cc(NCCN=NN)n2)C3=O)C1. The number of ether oxygens (including phenoxy) is 1. The number of nitrogens with zero attached hydrogens (tertiary/aromatic N) is 8. The van der Waals surface area contributed by atoms with Crippen LogP contribution in [-0.4, -0.2) is 69.9 Å². The van der Waals surface area contributed by atoms with Crippen molar-refractivity contribution in [2.45, 2.75) is 50.9 Å². The van der Waals surface area contributed by atoms with E-state index in [0.29, 0.717) is 50.0 Å². The third-order valence-electron chi connectivity index (χ3n) is 8.91. The summed E-state index contributed by atoms with van der Waals surface area (Å²) in [4.78, 5) is 22.1. The monoisotopic (exact) mass is 626 g/mol. The molecule has 0 bridgehead atoms. The molecule has 0 aliphatic carbocycles. The lowest BCUT2D eigenvalue weighted by atomic mass is 9.75. The highest BCUT2D eigenvalue weighted by Crippen LogP contribution is 2.42. The van der Waals surface area contributed by atoms with Gasteiger partial charge in [-0.3, -0.25) is 14.6 Å². The van der Waals surface area contributed by atoms with Gasteiger partial charge in [0, 0.05) is 44.1 Å². The standard InChI is InChI=1S/C30H37F3N10O2/c1-19-4-3-7-42(13-19)14-20-8-22-23(24(9-20)30(31,32)33)15-43(28(22)44)26-11-21(10-25(38-26)35-5-6-36-40-34)29(16-45-17-29)12-27-39-37-18-41(27)2/h8-11,18-19H,3-7,12-17H2,1-2H3,(H2,34,36)(H,35,38)/t19-/m0/s1. The van der Waals surface area contributed by atoms with E-state index in [0.717, 1.165) is 37.3 Å². The fourth-order valence-corrected chi connectivity index (χ4v) is 6.52. The molecule has 15 heteroatoms. The Hall–Kier alpha value is -4.11. The van der Waals surface area contributed by atoms with Crippen molar-refractivity contribution in [2.24, 2.45) is 29.1 Å². The van der Waals surface area contributed by atoms with E-state index in [-0.39, 0.29) is 30.0 Å². The lowest BCUT2D eigenvalue weighted by Crippen LogP contribution is -2.49. The number of hydrogen-bond acceptors (Lipinski definition) is 9. The second kappa shape index (κ2) is 12.4. The first-order chi connectivity index (χ1) is 21.6. The molecular formula is C30H37F3N10O2. The number of carbonyl (C=O) groups excluding carboxylic acids is 1. The van der Waals surface area contributed by atoms with Crippen LogP contribution in [0.25, 0.3) is 0 Å². The van der Waals surface area contributed by atoms with Crippen molar-refractivity contribution in [1.82, 2.24) is 24.6 Å². The van der Waals surface area contributed by atoms with E-state index in [9.17, 15) is 18.0 Å². The Balaban J connectivity index is 1.36. The summed E-state index contributed by atoms with van der Waals surface area (Å²) in [7, 11) is 1.86. The minimum absolute atomic E-state index is 0.0332. The molecule has 0 saturated carbocycles. The normalized spacial score (nSPS) is 20.1. The molecule has 0 radical (unpaired) electrons. The molecule has 0 unspecified atom stereocenters. The summed E-state index contributed by atoms with van der Waals surface area (Å²) < 4.78 is 50.8. The first-order valence-electron chi connectivity index (χ1n) is 15.1. The van der Waals surface area contributed by atoms with E-state index in [2.05, 4.69) is 42.7 Å². The third-order valence-corrected chi connectivity index (χ3v) is 8.91. The number of benzene rings is 1. The molecule has 3 aromatic rings. The molecule has 2 saturated heterocycles. The van der Waals surface area contributed by atoms with Gasteiger partial charge in [-0.05, 0) is 66.3 Å². The quantitative estimate of drug-likeness (QED) is 0.150. The van der Waals surface area contributed by atoms with Crippen molar-refractivity contribution < 1.29 is 22.7 Å². The molecule has 1 atom stereocenters. The van der Waals surface area contributed by atoms with Gasteiger partial charge in [-0.25, -0.2) is 4.98 Å². The van der Waals surface area contributed by atoms with Gasteiger partial charge in [-0.2, -0.15) is 18.3 Å². The average molecular weight is 627 g/mol. The maximum Gasteiger partial charge on any atom is 0.416 e. The van der Waals surface area contributed by atoms with Crippen molar-refractivity contribution in [1.29, 1.82) is 0 Å². The Morgan fingerprint density at radius 3 is 2.71 bits per heavy atom. The van der Waals surface area contributed by atoms with E-state index in [1.807, 2.05) is 17.7 Å². The fourth-order valence-electron chi connectivity index (χ4n) is 6.52. The zero-order valence-corrected chi connectivity index (χ0v) is 25.3. The van der Waals surface area contributed by atoms with E-state index >= 15 is 0 Å². The summed E-state index contributed by atoms with van der Waals surface area (Å²) in [5.41, 5.74) is 0.0768. The number of rotatable bonds is 10. The van der Waals surface area contributed by atoms with Crippen LogP contribution >= 0.6 is 0 Å². The molecule has 0 spiro atoms. The molecule has 240 valence electrons. The Labute approximate surface area is 258 Å². The largest absolute Gasteiger partial charge is 0.416 e. The second-order valence-electron chi connectivity index (χ2n) is 12.4. The van der Waals surface area contributed by atoms with E-state index in [1.165, 1.54) is 11.0 Å². The molecule has 12 nitrogen and oxygen atoms in total. The Morgan fingerprint density at radius 1 is 1.22 bits per heavy atom. The summed E-state index contributed by atoms with van der Waals surface area (Å²) in [6.07, 6.45) is -0.374. The van der Waals surface area contributed by atoms with Gasteiger partial charge >= 0.3 is 6.18 Å². The molecule has 1 amide bonds. The number of hydrogen-bond donors (Lipinski definition) is 2. The maximum atomic E-state index is 14.5. The predicted octanol–water partition coefficient (Wildman–Crippen LogP) is 3.87. The number of piperidine rings is 1. The topological polar surface area (TPSA) is 139 Å². The van der Waals surface area contributed by atoms with Gasteiger partial charge in [0.1, 0.15) is 23.8 Å². The van der Waals surface area contributed by atoms with Gasteiger partial charge in [0.25, 0.3) is 5.91 Å². The maximum absolute atomic E-state index is 14.5. The highest BCUT2D eigenvalue weighted by molar-refractivity contribution is 6.10. The van der Waals surface area contributed by atoms with Gasteiger partial charge in [-0.15, -0.1) is 10.2 Å². The van der Waals surface area contributed by atoms with Crippen LogP contribution in [0.15, 0.2) is 40.9 Å². The smallest absolute Gasteiger partial charge is 0.379 e. The number of carbonyl (C=O) groups is 1. The number of anilines is 2. The highest BCUT2D eigenvalue weighted by atomic mass is 19.4. The van der Waals surface area contributed by atoms with Crippen molar-refractivity contribution in [2.75, 3.05) is 49.6 Å². The number of alkyl halides is 3. The van der Waals surface area contributed by atoms with E-state index in [1.54, 1.807) is 18.5 Å². The number of aromatic nitrogens is 4. The average Bonchev–Trinajstić information content (AvgIpc) is 3.54. The zero-order valence-electron chi connectivity index (χ0n) is 25.3. The molecule has 3 N–H and O–H groups in total. The van der Waals surface area contributed by atoms with Gasteiger partial charge in [-0.1, -0.05) is 12.1 Å². The van der Waals surface area contributed by atoms with Crippen LogP contribution < -0.4 is 16.1 Å². The van der Waals surface area contributed by atoms with Gasteiger partial charge in [0.15, 0.2) is 0 Å². The number of likely N-dealkylation sites (tertiary alicyclic amines) is 1. The molecule has 3 aliphatic rings. The summed E-state index contributed by atoms with van der Waals surface area (Å²) in [6.45, 7) is 5.34. The van der Waals surface area contributed by atoms with Crippen LogP contribution in [0, 0.1) is 5.92 Å². The van der Waals surface area contributed by atoms with Gasteiger partial charge < -0.3 is 20.5 Å². The Bertz CT molecular complexity index is 1590. The molecule has 3 aliphatic heterocycles. The summed E-state index contributed by atoms with van der Waals surface area (Å²) in [5, 5.41) is 18.5. The molecule has 1 aromatic carbocycles. The molecule has 5 heterocycles. The van der Waals surface area contributed by atoms with E-state index in [4.69, 9.17) is 10.6 Å². The van der Waals surface area contributed by atoms with Crippen molar-refractivity contribution in [3.05, 3.63) is 64.2 Å². The van der Waals surface area contributed by atoms with E-state index < -0.39 is 23.1 Å². The molecule has 45 heavy (non-hydrogen) atoms. The Kier molecular flexibility index (Phi) is 8.48. The number of amides is 1. The highest BCUT2D eigenvalue weighted by Gasteiger charge is 2.44. The zero-order chi connectivity index (χ0) is 31.8. The van der Waals surface area contributed by atoms with Gasteiger partial charge in [0.2, 0.25) is 0 Å². The van der Waals surface area contributed by atoms with Crippen molar-refractivity contribution in [3.63, 3.8) is 0 Å². The molecule has 2 fully saturated rings. The molecule has 6 rings (SSSR count). The number of pyridine rings is 1. The number of nitrogens with one attached hydrogen (secondary N) is 1. The fraction of sp³-hybridized carbons (Fsp3) is 0.533. The second-order valence-corrected chi connectivity index (χ2v) is 12.4. The minimum atomic E-state index is -4.62. The minimum Gasteiger partial charge on any atom is -0.379 e. The van der Waals surface area contributed by atoms with Crippen LogP contribution in [0.1, 0.15) is 58.2 Å². The molecule has 2 aromatic heterocycles. The van der Waals surface area contributed by atoms with Crippen LogP contribution in [0.4, 0.5) is 24.8 Å². The first kappa shape index (κ1) is 30.9. The summed E-state index contributed by atoms with van der Waals surface area (Å²) in [5.74, 6) is 6.54. The van der Waals surface area contributed by atoms with Crippen LogP contribution in [0.5, 0.6) is 0 Å². The van der Waals surface area contributed by atoms with Crippen LogP contribution in [0.2, 0.25) is 0 Å². The number of aryl methyl sites for hydroxylation is 1. The number of nitrogens with two attached hydrogens (primary N) is 1. The Morgan fingerprint density at radius 2 is 2.04 bits per heavy atom. The number of halogens is 3. The lowest BCUT2D eigenvalue weighted by Gasteiger charge is -2.42. The van der Waals surface area contributed by atoms with Crippen molar-refractivity contribution >= 4 is 17.5 Å². The molecular weight excluding hydrogens is 589 g/mol. The van der Waals surface area contributed by atoms with Gasteiger partial charge in [0.05, 0.1) is 31.9 Å². The number of fused-ring (bicyclic) bond motifs is 1. The lowest BCUT2D eigenvalue weighted by molar-refractivity contribution is -0.138. The summed E-state index contributed by atoms with van der Waals surface area (Å²) >= 11 is 0. The summed E-state index contributed by atoms with van der Waals surface area (Å²) in [6, 6.07) is 6.48. The van der Waals surface area contributed by atoms with Crippen LogP contribution in [-0.2, 0) is 42.9 Å². The van der Waals surface area contributed by atoms with Crippen LogP contribution in [0.3, 0.4) is 0 Å². The predicted molar refractivity (Wildman–Crippen MR) is 159 cm³/mol.